The van der Waals surface area contributed by atoms with Crippen molar-refractivity contribution in [3.63, 3.8) is 0 Å². The number of aryl methyl sites for hydroxylation is 2. The van der Waals surface area contributed by atoms with Crippen LogP contribution in [-0.4, -0.2) is 43.1 Å². The van der Waals surface area contributed by atoms with Crippen molar-refractivity contribution in [3.8, 4) is 17.2 Å². The molecule has 2 aromatic heterocycles. The number of amides is 1. The molecular formula is C31H26N2O7S. The van der Waals surface area contributed by atoms with E-state index in [1.54, 1.807) is 42.5 Å². The van der Waals surface area contributed by atoms with Crippen LogP contribution >= 0.6 is 11.3 Å². The summed E-state index contributed by atoms with van der Waals surface area (Å²) in [4.78, 5) is 33.9. The highest BCUT2D eigenvalue weighted by molar-refractivity contribution is 7.22. The number of thiazole rings is 1. The lowest BCUT2D eigenvalue weighted by Gasteiger charge is -2.25. The van der Waals surface area contributed by atoms with Crippen LogP contribution in [0.1, 0.15) is 33.3 Å². The van der Waals surface area contributed by atoms with E-state index >= 15 is 0 Å². The van der Waals surface area contributed by atoms with Crippen LogP contribution in [0.3, 0.4) is 0 Å². The number of aliphatic hydroxyl groups excluding tert-OH is 1. The second kappa shape index (κ2) is 9.97. The fourth-order valence-corrected chi connectivity index (χ4v) is 6.44. The highest BCUT2D eigenvalue weighted by atomic mass is 32.1. The van der Waals surface area contributed by atoms with Crippen LogP contribution < -0.4 is 19.1 Å². The summed E-state index contributed by atoms with van der Waals surface area (Å²) >= 11 is 1.31. The maximum Gasteiger partial charge on any atom is 0.296 e. The van der Waals surface area contributed by atoms with Crippen molar-refractivity contribution < 1.29 is 33.3 Å². The third-order valence-corrected chi connectivity index (χ3v) is 8.15. The molecule has 1 N–H and O–H groups in total. The van der Waals surface area contributed by atoms with E-state index in [1.807, 2.05) is 26.0 Å². The highest BCUT2D eigenvalue weighted by Crippen LogP contribution is 2.46. The summed E-state index contributed by atoms with van der Waals surface area (Å²) < 4.78 is 23.1. The molecule has 0 bridgehead atoms. The first-order valence-corrected chi connectivity index (χ1v) is 13.5. The number of aromatic nitrogens is 1. The van der Waals surface area contributed by atoms with Gasteiger partial charge in [0.25, 0.3) is 5.91 Å². The van der Waals surface area contributed by atoms with Gasteiger partial charge >= 0.3 is 0 Å². The molecule has 0 saturated carbocycles. The number of aliphatic hydroxyl groups is 1. The van der Waals surface area contributed by atoms with E-state index in [-0.39, 0.29) is 11.3 Å². The molecule has 0 saturated heterocycles. The second-order valence-electron chi connectivity index (χ2n) is 9.70. The molecule has 9 nitrogen and oxygen atoms in total. The summed E-state index contributed by atoms with van der Waals surface area (Å²) in [5.41, 5.74) is 3.54. The average molecular weight is 571 g/mol. The Morgan fingerprint density at radius 1 is 0.976 bits per heavy atom. The van der Waals surface area contributed by atoms with Crippen molar-refractivity contribution in [2.24, 2.45) is 0 Å². The number of ether oxygens (including phenoxy) is 3. The van der Waals surface area contributed by atoms with Crippen LogP contribution in [0.15, 0.2) is 70.3 Å². The standard InChI is InChI=1S/C31H26N2O7S/c1-15-11-16(2)25-23(12-15)41-31(32-25)33-26(17-9-10-19(37-3)21(13-17)39-5)24(28(35)30(33)36)27(34)22-14-18-7-6-8-20(38-4)29(18)40-22/h6-14,26,35H,1-5H3. The number of carbonyl (C=O) groups excluding carboxylic acids is 2. The van der Waals surface area contributed by atoms with Gasteiger partial charge in [-0.05, 0) is 60.9 Å². The van der Waals surface area contributed by atoms with Crippen LogP contribution in [0.5, 0.6) is 17.2 Å². The number of benzene rings is 3. The van der Waals surface area contributed by atoms with Gasteiger partial charge in [0, 0.05) is 5.39 Å². The Labute approximate surface area is 239 Å². The normalized spacial score (nSPS) is 15.3. The molecule has 0 spiro atoms. The van der Waals surface area contributed by atoms with Crippen LogP contribution in [0.4, 0.5) is 5.13 Å². The molecule has 10 heteroatoms. The molecule has 41 heavy (non-hydrogen) atoms. The van der Waals surface area contributed by atoms with Crippen LogP contribution in [0.2, 0.25) is 0 Å². The molecule has 1 aliphatic rings. The number of para-hydroxylation sites is 1. The fourth-order valence-electron chi connectivity index (χ4n) is 5.28. The summed E-state index contributed by atoms with van der Waals surface area (Å²) in [6, 6.07) is 15.0. The Bertz CT molecular complexity index is 1900. The number of ketones is 1. The van der Waals surface area contributed by atoms with Gasteiger partial charge in [0.15, 0.2) is 39.5 Å². The number of furan rings is 1. The molecule has 0 radical (unpaired) electrons. The number of methoxy groups -OCH3 is 3. The summed E-state index contributed by atoms with van der Waals surface area (Å²) in [5, 5.41) is 12.2. The molecule has 208 valence electrons. The third kappa shape index (κ3) is 4.18. The lowest BCUT2D eigenvalue weighted by atomic mass is 9.95. The van der Waals surface area contributed by atoms with E-state index in [9.17, 15) is 14.7 Å². The minimum atomic E-state index is -1.02. The third-order valence-electron chi connectivity index (χ3n) is 7.15. The quantitative estimate of drug-likeness (QED) is 0.222. The number of Topliss-reactive ketones (excluding diaryl/α,β-unsaturated/α-hetero) is 1. The van der Waals surface area contributed by atoms with E-state index in [4.69, 9.17) is 23.6 Å². The Morgan fingerprint density at radius 3 is 2.46 bits per heavy atom. The topological polar surface area (TPSA) is 111 Å². The average Bonchev–Trinajstić information content (AvgIpc) is 3.66. The van der Waals surface area contributed by atoms with E-state index in [0.29, 0.717) is 38.9 Å². The van der Waals surface area contributed by atoms with Crippen molar-refractivity contribution in [1.29, 1.82) is 0 Å². The van der Waals surface area contributed by atoms with Crippen LogP contribution in [0, 0.1) is 13.8 Å². The van der Waals surface area contributed by atoms with E-state index in [2.05, 4.69) is 0 Å². The SMILES string of the molecule is COc1ccc(C2C(C(=O)c3cc4cccc(OC)c4o3)=C(O)C(=O)N2c2nc3c(C)cc(C)cc3s2)cc1OC. The number of anilines is 1. The Hall–Kier alpha value is -4.83. The Balaban J connectivity index is 1.54. The minimum Gasteiger partial charge on any atom is -0.503 e. The highest BCUT2D eigenvalue weighted by Gasteiger charge is 2.47. The monoisotopic (exact) mass is 570 g/mol. The van der Waals surface area contributed by atoms with Crippen LogP contribution in [-0.2, 0) is 4.79 Å². The van der Waals surface area contributed by atoms with Crippen molar-refractivity contribution in [1.82, 2.24) is 4.98 Å². The smallest absolute Gasteiger partial charge is 0.296 e. The van der Waals surface area contributed by atoms with Crippen molar-refractivity contribution in [2.45, 2.75) is 19.9 Å². The summed E-state index contributed by atoms with van der Waals surface area (Å²) in [6.45, 7) is 3.95. The molecule has 6 rings (SSSR count). The molecule has 1 unspecified atom stereocenters. The predicted molar refractivity (Wildman–Crippen MR) is 156 cm³/mol. The molecular weight excluding hydrogens is 544 g/mol. The lowest BCUT2D eigenvalue weighted by molar-refractivity contribution is -0.117. The summed E-state index contributed by atoms with van der Waals surface area (Å²) in [7, 11) is 4.53. The zero-order valence-corrected chi connectivity index (χ0v) is 23.8. The Morgan fingerprint density at radius 2 is 1.73 bits per heavy atom. The number of rotatable bonds is 7. The van der Waals surface area contributed by atoms with Crippen molar-refractivity contribution in [3.05, 3.63) is 88.4 Å². The zero-order chi connectivity index (χ0) is 29.0. The number of hydrogen-bond donors (Lipinski definition) is 1. The van der Waals surface area contributed by atoms with Crippen molar-refractivity contribution in [2.75, 3.05) is 26.2 Å². The summed E-state index contributed by atoms with van der Waals surface area (Å²) in [5.74, 6) is -0.750. The zero-order valence-electron chi connectivity index (χ0n) is 23.0. The Kier molecular flexibility index (Phi) is 6.42. The molecule has 1 aliphatic heterocycles. The van der Waals surface area contributed by atoms with E-state index in [1.165, 1.54) is 37.6 Å². The van der Waals surface area contributed by atoms with Gasteiger partial charge < -0.3 is 23.7 Å². The fraction of sp³-hybridized carbons (Fsp3) is 0.194. The first-order valence-electron chi connectivity index (χ1n) is 12.7. The molecule has 3 heterocycles. The van der Waals surface area contributed by atoms with E-state index in [0.717, 1.165) is 21.3 Å². The first kappa shape index (κ1) is 26.4. The van der Waals surface area contributed by atoms with Gasteiger partial charge in [0.05, 0.1) is 43.2 Å². The molecule has 3 aromatic carbocycles. The predicted octanol–water partition coefficient (Wildman–Crippen LogP) is 6.47. The van der Waals surface area contributed by atoms with Gasteiger partial charge in [-0.3, -0.25) is 14.5 Å². The van der Waals surface area contributed by atoms with Gasteiger partial charge in [-0.25, -0.2) is 4.98 Å². The van der Waals surface area contributed by atoms with Gasteiger partial charge in [-0.1, -0.05) is 35.6 Å². The van der Waals surface area contributed by atoms with Gasteiger partial charge in [-0.2, -0.15) is 0 Å². The molecule has 1 atom stereocenters. The molecule has 1 amide bonds. The van der Waals surface area contributed by atoms with Gasteiger partial charge in [0.1, 0.15) is 0 Å². The lowest BCUT2D eigenvalue weighted by Crippen LogP contribution is -2.31. The second-order valence-corrected chi connectivity index (χ2v) is 10.7. The first-order chi connectivity index (χ1) is 19.7. The maximum atomic E-state index is 14.1. The largest absolute Gasteiger partial charge is 0.503 e. The maximum absolute atomic E-state index is 14.1. The number of fused-ring (bicyclic) bond motifs is 2. The summed E-state index contributed by atoms with van der Waals surface area (Å²) in [6.07, 6.45) is 0. The van der Waals surface area contributed by atoms with Gasteiger partial charge in [0.2, 0.25) is 5.78 Å². The van der Waals surface area contributed by atoms with E-state index < -0.39 is 23.5 Å². The number of carbonyl (C=O) groups is 2. The number of nitrogens with zero attached hydrogens (tertiary/aromatic N) is 2. The molecule has 5 aromatic rings. The molecule has 0 fully saturated rings. The van der Waals surface area contributed by atoms with Gasteiger partial charge in [-0.15, -0.1) is 0 Å². The van der Waals surface area contributed by atoms with Crippen molar-refractivity contribution >= 4 is 49.3 Å². The molecule has 0 aliphatic carbocycles. The minimum absolute atomic E-state index is 0.0399. The van der Waals surface area contributed by atoms with Crippen LogP contribution in [0.25, 0.3) is 21.2 Å². The number of hydrogen-bond acceptors (Lipinski definition) is 9.